The van der Waals surface area contributed by atoms with E-state index in [0.717, 1.165) is 94.0 Å². The van der Waals surface area contributed by atoms with Crippen LogP contribution in [-0.2, 0) is 10.8 Å². The molecule has 0 aliphatic carbocycles. The van der Waals surface area contributed by atoms with Gasteiger partial charge in [-0.1, -0.05) is 175 Å². The predicted molar refractivity (Wildman–Crippen MR) is 260 cm³/mol. The minimum atomic E-state index is -0.325. The first-order valence-electron chi connectivity index (χ1n) is 21.5. The average molecular weight is 804 g/mol. The lowest BCUT2D eigenvalue weighted by Gasteiger charge is -2.27. The van der Waals surface area contributed by atoms with Crippen molar-refractivity contribution in [3.05, 3.63) is 193 Å². The standard InChI is InChI=1S/C58H49N3O/c1-57(2,3)45-35-48(55(62)49(36-45)58(4,5)6)56-60-54-52(61(56)51-28-27-42(37-16-10-7-11-17-37)32-46(51)39-20-14-9-15-21-39)29-26-41-24-22-40-23-25-44(33-47(40)53(41)54)50-34-43(30-31-59-50)38-18-12-8-13-19-38/h7-36,62H,1-6H3. The Morgan fingerprint density at radius 1 is 0.484 bits per heavy atom. The quantitative estimate of drug-likeness (QED) is 0.170. The van der Waals surface area contributed by atoms with Gasteiger partial charge in [-0.2, -0.15) is 0 Å². The van der Waals surface area contributed by atoms with Crippen LogP contribution in [0.3, 0.4) is 0 Å². The fraction of sp³-hybridized carbons (Fsp3) is 0.138. The summed E-state index contributed by atoms with van der Waals surface area (Å²) < 4.78 is 2.29. The molecule has 10 rings (SSSR count). The number of phenolic OH excluding ortho intramolecular Hbond substituents is 1. The van der Waals surface area contributed by atoms with E-state index in [1.165, 1.54) is 0 Å². The van der Waals surface area contributed by atoms with Crippen LogP contribution in [0.15, 0.2) is 182 Å². The van der Waals surface area contributed by atoms with Crippen LogP contribution in [0.2, 0.25) is 0 Å². The lowest BCUT2D eigenvalue weighted by atomic mass is 9.79. The Morgan fingerprint density at radius 3 is 1.74 bits per heavy atom. The van der Waals surface area contributed by atoms with E-state index < -0.39 is 0 Å². The minimum absolute atomic E-state index is 0.184. The van der Waals surface area contributed by atoms with Crippen molar-refractivity contribution in [2.45, 2.75) is 52.4 Å². The monoisotopic (exact) mass is 803 g/mol. The molecule has 2 heterocycles. The van der Waals surface area contributed by atoms with Gasteiger partial charge in [0.2, 0.25) is 0 Å². The van der Waals surface area contributed by atoms with E-state index >= 15 is 0 Å². The molecule has 62 heavy (non-hydrogen) atoms. The summed E-state index contributed by atoms with van der Waals surface area (Å²) in [6, 6.07) is 62.3. The third kappa shape index (κ3) is 6.92. The molecule has 302 valence electrons. The molecule has 4 heteroatoms. The van der Waals surface area contributed by atoms with Crippen molar-refractivity contribution in [3.63, 3.8) is 0 Å². The fourth-order valence-electron chi connectivity index (χ4n) is 8.86. The normalized spacial score (nSPS) is 12.1. The van der Waals surface area contributed by atoms with Gasteiger partial charge in [-0.05, 0) is 103 Å². The maximum atomic E-state index is 12.5. The molecule has 10 aromatic rings. The van der Waals surface area contributed by atoms with E-state index in [9.17, 15) is 5.11 Å². The van der Waals surface area contributed by atoms with Crippen molar-refractivity contribution < 1.29 is 5.11 Å². The van der Waals surface area contributed by atoms with Gasteiger partial charge in [-0.3, -0.25) is 9.55 Å². The summed E-state index contributed by atoms with van der Waals surface area (Å²) in [4.78, 5) is 10.6. The number of nitrogens with zero attached hydrogens (tertiary/aromatic N) is 3. The summed E-state index contributed by atoms with van der Waals surface area (Å²) >= 11 is 0. The number of fused-ring (bicyclic) bond motifs is 5. The van der Waals surface area contributed by atoms with Crippen LogP contribution < -0.4 is 0 Å². The van der Waals surface area contributed by atoms with E-state index in [0.29, 0.717) is 11.4 Å². The van der Waals surface area contributed by atoms with E-state index in [-0.39, 0.29) is 16.6 Å². The van der Waals surface area contributed by atoms with Crippen LogP contribution in [0.25, 0.3) is 94.3 Å². The highest BCUT2D eigenvalue weighted by molar-refractivity contribution is 6.20. The molecule has 0 unspecified atom stereocenters. The highest BCUT2D eigenvalue weighted by Crippen LogP contribution is 2.46. The number of hydrogen-bond acceptors (Lipinski definition) is 3. The van der Waals surface area contributed by atoms with Crippen LogP contribution in [0.4, 0.5) is 0 Å². The second kappa shape index (κ2) is 15.0. The lowest BCUT2D eigenvalue weighted by molar-refractivity contribution is 0.446. The van der Waals surface area contributed by atoms with Crippen LogP contribution in [0, 0.1) is 0 Å². The molecule has 0 atom stereocenters. The molecular formula is C58H49N3O. The Labute approximate surface area is 363 Å². The molecule has 0 aliphatic rings. The summed E-state index contributed by atoms with van der Waals surface area (Å²) in [5, 5.41) is 16.9. The number of aromatic hydroxyl groups is 1. The van der Waals surface area contributed by atoms with Crippen molar-refractivity contribution in [1.29, 1.82) is 0 Å². The van der Waals surface area contributed by atoms with Crippen molar-refractivity contribution in [3.8, 4) is 67.5 Å². The second-order valence-electron chi connectivity index (χ2n) is 18.5. The molecule has 0 saturated carbocycles. The Balaban J connectivity index is 1.30. The molecule has 0 amide bonds. The Hall–Kier alpha value is -7.30. The van der Waals surface area contributed by atoms with Crippen LogP contribution in [0.5, 0.6) is 5.75 Å². The van der Waals surface area contributed by atoms with Gasteiger partial charge in [0.05, 0.1) is 28.0 Å². The van der Waals surface area contributed by atoms with Crippen molar-refractivity contribution in [1.82, 2.24) is 14.5 Å². The van der Waals surface area contributed by atoms with E-state index in [1.54, 1.807) is 0 Å². The number of rotatable bonds is 6. The van der Waals surface area contributed by atoms with Gasteiger partial charge in [0.15, 0.2) is 0 Å². The third-order valence-electron chi connectivity index (χ3n) is 12.2. The third-order valence-corrected chi connectivity index (χ3v) is 12.2. The maximum absolute atomic E-state index is 12.5. The highest BCUT2D eigenvalue weighted by atomic mass is 16.3. The summed E-state index contributed by atoms with van der Waals surface area (Å²) in [7, 11) is 0. The molecule has 0 spiro atoms. The first-order chi connectivity index (χ1) is 29.9. The smallest absolute Gasteiger partial charge is 0.149 e. The Morgan fingerprint density at radius 2 is 1.08 bits per heavy atom. The van der Waals surface area contributed by atoms with Crippen LogP contribution >= 0.6 is 0 Å². The number of imidazole rings is 1. The zero-order chi connectivity index (χ0) is 42.8. The molecular weight excluding hydrogens is 755 g/mol. The first-order valence-corrected chi connectivity index (χ1v) is 21.5. The Kier molecular flexibility index (Phi) is 9.41. The summed E-state index contributed by atoms with van der Waals surface area (Å²) in [5.41, 5.74) is 13.7. The average Bonchev–Trinajstić information content (AvgIpc) is 3.68. The summed E-state index contributed by atoms with van der Waals surface area (Å²) in [5.74, 6) is 0.946. The molecule has 2 aromatic heterocycles. The zero-order valence-electron chi connectivity index (χ0n) is 36.1. The van der Waals surface area contributed by atoms with E-state index in [1.807, 2.05) is 12.3 Å². The molecule has 1 N–H and O–H groups in total. The number of aromatic nitrogens is 3. The van der Waals surface area contributed by atoms with Gasteiger partial charge in [0.1, 0.15) is 11.6 Å². The fourth-order valence-corrected chi connectivity index (χ4v) is 8.86. The molecule has 0 fully saturated rings. The number of benzene rings is 8. The van der Waals surface area contributed by atoms with Crippen LogP contribution in [0.1, 0.15) is 52.7 Å². The first kappa shape index (κ1) is 38.9. The molecule has 4 nitrogen and oxygen atoms in total. The molecule has 0 radical (unpaired) electrons. The van der Waals surface area contributed by atoms with Crippen molar-refractivity contribution >= 4 is 32.6 Å². The summed E-state index contributed by atoms with van der Waals surface area (Å²) in [6.45, 7) is 13.2. The Bertz CT molecular complexity index is 3300. The van der Waals surface area contributed by atoms with Crippen molar-refractivity contribution in [2.75, 3.05) is 0 Å². The lowest BCUT2D eigenvalue weighted by Crippen LogP contribution is -2.17. The second-order valence-corrected chi connectivity index (χ2v) is 18.5. The van der Waals surface area contributed by atoms with E-state index in [4.69, 9.17) is 9.97 Å². The molecule has 8 aromatic carbocycles. The highest BCUT2D eigenvalue weighted by Gasteiger charge is 2.29. The van der Waals surface area contributed by atoms with Gasteiger partial charge >= 0.3 is 0 Å². The molecule has 0 saturated heterocycles. The molecule has 0 aliphatic heterocycles. The van der Waals surface area contributed by atoms with Crippen molar-refractivity contribution in [2.24, 2.45) is 0 Å². The van der Waals surface area contributed by atoms with Gasteiger partial charge in [-0.15, -0.1) is 0 Å². The largest absolute Gasteiger partial charge is 0.507 e. The van der Waals surface area contributed by atoms with E-state index in [2.05, 4.69) is 216 Å². The number of pyridine rings is 1. The predicted octanol–water partition coefficient (Wildman–Crippen LogP) is 15.4. The summed E-state index contributed by atoms with van der Waals surface area (Å²) in [6.07, 6.45) is 1.90. The van der Waals surface area contributed by atoms with Gasteiger partial charge < -0.3 is 5.11 Å². The molecule has 0 bridgehead atoms. The number of phenols is 1. The topological polar surface area (TPSA) is 50.9 Å². The zero-order valence-corrected chi connectivity index (χ0v) is 36.1. The SMILES string of the molecule is CC(C)(C)c1cc(-c2nc3c4c(ccc5ccc(-c6cc(-c7ccccc7)ccn6)cc54)ccc3n2-c2ccc(-c3ccccc3)cc2-c2ccccc2)c(O)c(C(C)(C)C)c1. The number of hydrogen-bond donors (Lipinski definition) is 1. The van der Waals surface area contributed by atoms with Gasteiger partial charge in [0.25, 0.3) is 0 Å². The van der Waals surface area contributed by atoms with Gasteiger partial charge in [0, 0.05) is 28.3 Å². The van der Waals surface area contributed by atoms with Crippen LogP contribution in [-0.4, -0.2) is 19.6 Å². The minimum Gasteiger partial charge on any atom is -0.507 e. The van der Waals surface area contributed by atoms with Gasteiger partial charge in [-0.25, -0.2) is 4.98 Å². The maximum Gasteiger partial charge on any atom is 0.149 e.